The van der Waals surface area contributed by atoms with E-state index < -0.39 is 17.2 Å². The van der Waals surface area contributed by atoms with Crippen LogP contribution in [0.5, 0.6) is 0 Å². The van der Waals surface area contributed by atoms with E-state index in [1.54, 1.807) is 11.8 Å². The van der Waals surface area contributed by atoms with Gasteiger partial charge in [-0.1, -0.05) is 72.4 Å². The fraction of sp³-hybridized carbons (Fsp3) is 0.364. The number of carbonyl (C=O) groups excluding carboxylic acids is 1. The van der Waals surface area contributed by atoms with Crippen LogP contribution >= 0.6 is 11.8 Å². The maximum atomic E-state index is 12.3. The van der Waals surface area contributed by atoms with Crippen LogP contribution in [-0.2, 0) is 10.3 Å². The molecule has 142 valence electrons. The van der Waals surface area contributed by atoms with Gasteiger partial charge in [0.1, 0.15) is 5.60 Å². The lowest BCUT2D eigenvalue weighted by molar-refractivity contribution is 0.0564. The van der Waals surface area contributed by atoms with Crippen LogP contribution in [0, 0.1) is 0 Å². The van der Waals surface area contributed by atoms with Crippen LogP contribution in [0.25, 0.3) is 0 Å². The van der Waals surface area contributed by atoms with Crippen molar-refractivity contribution in [3.05, 3.63) is 71.8 Å². The van der Waals surface area contributed by atoms with Gasteiger partial charge < -0.3 is 4.74 Å². The number of alkyl carbamates (subject to hydrolysis) is 1. The van der Waals surface area contributed by atoms with E-state index in [2.05, 4.69) is 36.5 Å². The second-order valence-corrected chi connectivity index (χ2v) is 9.10. The van der Waals surface area contributed by atoms with E-state index in [4.69, 9.17) is 9.73 Å². The van der Waals surface area contributed by atoms with Gasteiger partial charge in [-0.25, -0.2) is 4.79 Å². The number of aliphatic imine (C=N–C) groups is 1. The summed E-state index contributed by atoms with van der Waals surface area (Å²) in [6.45, 7) is 7.67. The molecule has 0 fully saturated rings. The first kappa shape index (κ1) is 19.5. The molecule has 0 saturated heterocycles. The van der Waals surface area contributed by atoms with Gasteiger partial charge in [0.25, 0.3) is 0 Å². The highest BCUT2D eigenvalue weighted by atomic mass is 32.2. The fourth-order valence-corrected chi connectivity index (χ4v) is 4.48. The summed E-state index contributed by atoms with van der Waals surface area (Å²) in [7, 11) is 0. The monoisotopic (exact) mass is 382 g/mol. The van der Waals surface area contributed by atoms with Gasteiger partial charge in [-0.15, -0.1) is 0 Å². The molecule has 3 rings (SSSR count). The topological polar surface area (TPSA) is 50.7 Å². The molecule has 0 bridgehead atoms. The number of hydrogen-bond acceptors (Lipinski definition) is 4. The molecule has 2 aromatic carbocycles. The Morgan fingerprint density at radius 2 is 1.70 bits per heavy atom. The minimum atomic E-state index is -0.550. The summed E-state index contributed by atoms with van der Waals surface area (Å²) in [6.07, 6.45) is 0.378. The van der Waals surface area contributed by atoms with Gasteiger partial charge in [0.15, 0.2) is 5.17 Å². The van der Waals surface area contributed by atoms with Gasteiger partial charge >= 0.3 is 6.09 Å². The van der Waals surface area contributed by atoms with Gasteiger partial charge in [0.05, 0.1) is 5.54 Å². The highest BCUT2D eigenvalue weighted by Gasteiger charge is 2.36. The van der Waals surface area contributed by atoms with Crippen molar-refractivity contribution in [1.29, 1.82) is 0 Å². The predicted octanol–water partition coefficient (Wildman–Crippen LogP) is 5.66. The van der Waals surface area contributed by atoms with Gasteiger partial charge in [0.2, 0.25) is 0 Å². The molecule has 5 heteroatoms. The summed E-state index contributed by atoms with van der Waals surface area (Å²) in [4.78, 5) is 17.2. The Labute approximate surface area is 165 Å². The van der Waals surface area contributed by atoms with E-state index in [0.717, 1.165) is 12.0 Å². The van der Waals surface area contributed by atoms with Crippen molar-refractivity contribution in [1.82, 2.24) is 5.32 Å². The van der Waals surface area contributed by atoms with Crippen molar-refractivity contribution in [2.24, 2.45) is 4.99 Å². The van der Waals surface area contributed by atoms with Gasteiger partial charge in [-0.3, -0.25) is 10.3 Å². The van der Waals surface area contributed by atoms with Crippen molar-refractivity contribution >= 4 is 23.0 Å². The van der Waals surface area contributed by atoms with E-state index in [1.807, 2.05) is 57.2 Å². The number of rotatable bonds is 2. The number of thioether (sulfide) groups is 1. The van der Waals surface area contributed by atoms with Crippen LogP contribution < -0.4 is 5.32 Å². The second kappa shape index (κ2) is 7.77. The zero-order chi connectivity index (χ0) is 19.5. The number of benzene rings is 2. The number of ether oxygens (including phenoxy) is 1. The first-order valence-electron chi connectivity index (χ1n) is 9.12. The molecular formula is C22H26N2O2S. The third-order valence-electron chi connectivity index (χ3n) is 4.36. The number of amidine groups is 1. The minimum absolute atomic E-state index is 0.193. The molecule has 27 heavy (non-hydrogen) atoms. The maximum absolute atomic E-state index is 12.3. The van der Waals surface area contributed by atoms with Crippen molar-refractivity contribution in [3.63, 3.8) is 0 Å². The molecule has 2 atom stereocenters. The van der Waals surface area contributed by atoms with E-state index in [-0.39, 0.29) is 5.25 Å². The molecule has 4 nitrogen and oxygen atoms in total. The summed E-state index contributed by atoms with van der Waals surface area (Å²) in [6, 6.07) is 20.6. The molecule has 0 radical (unpaired) electrons. The molecule has 0 aliphatic carbocycles. The first-order valence-corrected chi connectivity index (χ1v) is 10.0. The Kier molecular flexibility index (Phi) is 5.61. The lowest BCUT2D eigenvalue weighted by atomic mass is 9.86. The normalized spacial score (nSPS) is 22.7. The number of hydrogen-bond donors (Lipinski definition) is 1. The molecule has 2 aromatic rings. The van der Waals surface area contributed by atoms with Gasteiger partial charge in [0, 0.05) is 5.25 Å². The molecule has 0 unspecified atom stereocenters. The smallest absolute Gasteiger partial charge is 0.413 e. The van der Waals surface area contributed by atoms with Crippen molar-refractivity contribution in [2.45, 2.75) is 50.5 Å². The average molecular weight is 383 g/mol. The average Bonchev–Trinajstić information content (AvgIpc) is 2.61. The Balaban J connectivity index is 1.91. The first-order chi connectivity index (χ1) is 12.8. The summed E-state index contributed by atoms with van der Waals surface area (Å²) >= 11 is 1.57. The SMILES string of the molecule is CC(C)(C)OC(=O)NC1=N[C@@](C)(c2ccccc2)C[C@H](c2ccccc2)S1. The third-order valence-corrected chi connectivity index (χ3v) is 5.50. The number of amides is 1. The van der Waals surface area contributed by atoms with E-state index >= 15 is 0 Å². The maximum Gasteiger partial charge on any atom is 0.413 e. The fourth-order valence-electron chi connectivity index (χ4n) is 3.12. The largest absolute Gasteiger partial charge is 0.444 e. The highest BCUT2D eigenvalue weighted by molar-refractivity contribution is 8.14. The Morgan fingerprint density at radius 1 is 1.11 bits per heavy atom. The lowest BCUT2D eigenvalue weighted by Gasteiger charge is -2.36. The van der Waals surface area contributed by atoms with E-state index in [0.29, 0.717) is 5.17 Å². The number of nitrogens with one attached hydrogen (secondary N) is 1. The molecular weight excluding hydrogens is 356 g/mol. The molecule has 1 aliphatic heterocycles. The summed E-state index contributed by atoms with van der Waals surface area (Å²) in [5, 5.41) is 3.64. The van der Waals surface area contributed by atoms with E-state index in [1.165, 1.54) is 5.56 Å². The Morgan fingerprint density at radius 3 is 2.30 bits per heavy atom. The van der Waals surface area contributed by atoms with Crippen molar-refractivity contribution in [3.8, 4) is 0 Å². The molecule has 1 aliphatic rings. The molecule has 1 heterocycles. The van der Waals surface area contributed by atoms with Crippen LogP contribution in [0.1, 0.15) is 50.5 Å². The lowest BCUT2D eigenvalue weighted by Crippen LogP contribution is -2.39. The van der Waals surface area contributed by atoms with Crippen LogP contribution in [0.3, 0.4) is 0 Å². The molecule has 0 spiro atoms. The molecule has 1 N–H and O–H groups in total. The number of carbonyl (C=O) groups is 1. The van der Waals surface area contributed by atoms with E-state index in [9.17, 15) is 4.79 Å². The summed E-state index contributed by atoms with van der Waals surface area (Å²) in [5.74, 6) is 0. The Hall–Kier alpha value is -2.27. The zero-order valence-corrected chi connectivity index (χ0v) is 17.0. The molecule has 0 aromatic heterocycles. The minimum Gasteiger partial charge on any atom is -0.444 e. The second-order valence-electron chi connectivity index (χ2n) is 7.91. The quantitative estimate of drug-likeness (QED) is 0.729. The Bertz CT molecular complexity index is 815. The third kappa shape index (κ3) is 5.13. The van der Waals surface area contributed by atoms with Crippen LogP contribution in [0.2, 0.25) is 0 Å². The zero-order valence-electron chi connectivity index (χ0n) is 16.2. The molecule has 0 saturated carbocycles. The number of nitrogens with zero attached hydrogens (tertiary/aromatic N) is 1. The summed E-state index contributed by atoms with van der Waals surface area (Å²) in [5.41, 5.74) is 1.39. The van der Waals surface area contributed by atoms with Gasteiger partial charge in [-0.2, -0.15) is 0 Å². The van der Waals surface area contributed by atoms with Crippen LogP contribution in [0.4, 0.5) is 4.79 Å². The van der Waals surface area contributed by atoms with Gasteiger partial charge in [-0.05, 0) is 45.2 Å². The molecule has 1 amide bonds. The summed E-state index contributed by atoms with van der Waals surface area (Å²) < 4.78 is 5.41. The standard InChI is InChI=1S/C22H26N2O2S/c1-21(2,3)26-20(25)23-19-24-22(4,17-13-9-6-10-14-17)15-18(27-19)16-11-7-5-8-12-16/h5-14,18H,15H2,1-4H3,(H,23,24,25)/t18-,22-/m1/s1. The van der Waals surface area contributed by atoms with Crippen molar-refractivity contribution in [2.75, 3.05) is 0 Å². The van der Waals surface area contributed by atoms with Crippen LogP contribution in [0.15, 0.2) is 65.7 Å². The van der Waals surface area contributed by atoms with Crippen molar-refractivity contribution < 1.29 is 9.53 Å². The predicted molar refractivity (Wildman–Crippen MR) is 112 cm³/mol. The highest BCUT2D eigenvalue weighted by Crippen LogP contribution is 2.46. The van der Waals surface area contributed by atoms with Crippen LogP contribution in [-0.4, -0.2) is 16.9 Å².